The van der Waals surface area contributed by atoms with Gasteiger partial charge >= 0.3 is 5.97 Å². The van der Waals surface area contributed by atoms with Gasteiger partial charge in [-0.15, -0.1) is 0 Å². The van der Waals surface area contributed by atoms with E-state index in [1.807, 2.05) is 0 Å². The lowest BCUT2D eigenvalue weighted by molar-refractivity contribution is -0.139. The van der Waals surface area contributed by atoms with Crippen LogP contribution >= 0.6 is 0 Å². The van der Waals surface area contributed by atoms with Crippen LogP contribution in [0.2, 0.25) is 0 Å². The smallest absolute Gasteiger partial charge is 0.326 e. The van der Waals surface area contributed by atoms with Gasteiger partial charge in [-0.25, -0.2) is 0 Å². The Morgan fingerprint density at radius 2 is 2.60 bits per heavy atom. The molecule has 56 valence electrons. The predicted molar refractivity (Wildman–Crippen MR) is 34.3 cm³/mol. The summed E-state index contributed by atoms with van der Waals surface area (Å²) in [5.41, 5.74) is 0. The third kappa shape index (κ3) is 0.803. The molecule has 4 heteroatoms. The Balaban J connectivity index is 2.08. The summed E-state index contributed by atoms with van der Waals surface area (Å²) in [6.45, 7) is 3.13. The minimum Gasteiger partial charge on any atom is -0.448 e. The van der Waals surface area contributed by atoms with Crippen LogP contribution in [0.3, 0.4) is 0 Å². The highest BCUT2D eigenvalue weighted by atomic mass is 16.6. The predicted octanol–water partition coefficient (Wildman–Crippen LogP) is -1.23. The van der Waals surface area contributed by atoms with Crippen LogP contribution in [0.25, 0.3) is 0 Å². The van der Waals surface area contributed by atoms with Crippen LogP contribution in [0.15, 0.2) is 0 Å². The van der Waals surface area contributed by atoms with E-state index in [1.165, 1.54) is 0 Å². The molecule has 2 saturated heterocycles. The van der Waals surface area contributed by atoms with Crippen LogP contribution in [0.1, 0.15) is 0 Å². The van der Waals surface area contributed by atoms with Crippen molar-refractivity contribution < 1.29 is 9.53 Å². The van der Waals surface area contributed by atoms with E-state index in [1.54, 1.807) is 0 Å². The summed E-state index contributed by atoms with van der Waals surface area (Å²) in [6.07, 6.45) is 0. The number of hydrogen-bond acceptors (Lipinski definition) is 4. The van der Waals surface area contributed by atoms with Crippen molar-refractivity contribution in [3.8, 4) is 0 Å². The van der Waals surface area contributed by atoms with E-state index in [-0.39, 0.29) is 12.0 Å². The molecule has 0 spiro atoms. The molecule has 4 nitrogen and oxygen atoms in total. The highest BCUT2D eigenvalue weighted by Crippen LogP contribution is 2.11. The van der Waals surface area contributed by atoms with Crippen molar-refractivity contribution in [1.29, 1.82) is 0 Å². The van der Waals surface area contributed by atoms with Gasteiger partial charge in [-0.05, 0) is 0 Å². The summed E-state index contributed by atoms with van der Waals surface area (Å²) in [6, 6.07) is -0.00579. The molecule has 2 rings (SSSR count). The molecule has 2 aliphatic heterocycles. The van der Waals surface area contributed by atoms with E-state index in [9.17, 15) is 4.79 Å². The van der Waals surface area contributed by atoms with Gasteiger partial charge in [0.2, 0.25) is 0 Å². The number of fused-ring (bicyclic) bond motifs is 1. The summed E-state index contributed by atoms with van der Waals surface area (Å²) in [7, 11) is 0. The molecule has 10 heavy (non-hydrogen) atoms. The average molecular weight is 142 g/mol. The summed E-state index contributed by atoms with van der Waals surface area (Å²) in [5.74, 6) is -0.0767. The molecule has 0 saturated carbocycles. The Morgan fingerprint density at radius 1 is 1.70 bits per heavy atom. The number of piperazine rings is 1. The summed E-state index contributed by atoms with van der Waals surface area (Å²) in [5, 5.41) is 3.14. The number of esters is 1. The second kappa shape index (κ2) is 2.21. The van der Waals surface area contributed by atoms with Crippen molar-refractivity contribution in [2.24, 2.45) is 0 Å². The second-order valence-corrected chi connectivity index (χ2v) is 2.62. The SMILES string of the molecule is O=C1OCN2CCNC[C@H]12. The standard InChI is InChI=1S/C6H10N2O2/c9-6-5-3-7-1-2-8(5)4-10-6/h5,7H,1-4H2/t5-/m1/s1. The molecule has 0 aliphatic carbocycles. The van der Waals surface area contributed by atoms with Gasteiger partial charge in [0.05, 0.1) is 0 Å². The van der Waals surface area contributed by atoms with Crippen LogP contribution in [-0.2, 0) is 9.53 Å². The molecule has 2 aliphatic rings. The topological polar surface area (TPSA) is 41.6 Å². The average Bonchev–Trinajstić information content (AvgIpc) is 2.34. The number of nitrogens with one attached hydrogen (secondary N) is 1. The highest BCUT2D eigenvalue weighted by Gasteiger charge is 2.35. The molecule has 1 N–H and O–H groups in total. The van der Waals surface area contributed by atoms with Gasteiger partial charge < -0.3 is 10.1 Å². The maximum absolute atomic E-state index is 10.9. The van der Waals surface area contributed by atoms with E-state index in [4.69, 9.17) is 4.74 Å². The van der Waals surface area contributed by atoms with Crippen LogP contribution in [-0.4, -0.2) is 43.3 Å². The lowest BCUT2D eigenvalue weighted by Crippen LogP contribution is -2.49. The maximum Gasteiger partial charge on any atom is 0.326 e. The summed E-state index contributed by atoms with van der Waals surface area (Å²) < 4.78 is 4.85. The zero-order valence-corrected chi connectivity index (χ0v) is 5.67. The summed E-state index contributed by atoms with van der Waals surface area (Å²) >= 11 is 0. The van der Waals surface area contributed by atoms with Gasteiger partial charge in [0.15, 0.2) is 0 Å². The Labute approximate surface area is 59.1 Å². The lowest BCUT2D eigenvalue weighted by Gasteiger charge is -2.25. The Kier molecular flexibility index (Phi) is 1.35. The molecule has 0 aromatic heterocycles. The van der Waals surface area contributed by atoms with Gasteiger partial charge in [-0.3, -0.25) is 9.69 Å². The molecule has 0 radical (unpaired) electrons. The Morgan fingerprint density at radius 3 is 3.40 bits per heavy atom. The number of nitrogens with zero attached hydrogens (tertiary/aromatic N) is 1. The van der Waals surface area contributed by atoms with E-state index in [2.05, 4.69) is 10.2 Å². The highest BCUT2D eigenvalue weighted by molar-refractivity contribution is 5.77. The number of carbonyl (C=O) groups is 1. The zero-order chi connectivity index (χ0) is 6.97. The van der Waals surface area contributed by atoms with Gasteiger partial charge in [0.25, 0.3) is 0 Å². The second-order valence-electron chi connectivity index (χ2n) is 2.62. The molecule has 0 amide bonds. The van der Waals surface area contributed by atoms with Gasteiger partial charge in [-0.2, -0.15) is 0 Å². The molecule has 2 fully saturated rings. The van der Waals surface area contributed by atoms with Gasteiger partial charge in [0.1, 0.15) is 12.8 Å². The van der Waals surface area contributed by atoms with Crippen molar-refractivity contribution in [1.82, 2.24) is 10.2 Å². The third-order valence-electron chi connectivity index (χ3n) is 2.00. The Bertz CT molecular complexity index is 160. The number of ether oxygens (including phenoxy) is 1. The number of rotatable bonds is 0. The minimum atomic E-state index is -0.0767. The largest absolute Gasteiger partial charge is 0.448 e. The van der Waals surface area contributed by atoms with Crippen molar-refractivity contribution >= 4 is 5.97 Å². The number of hydrogen-bond donors (Lipinski definition) is 1. The van der Waals surface area contributed by atoms with E-state index in [0.29, 0.717) is 6.73 Å². The quantitative estimate of drug-likeness (QED) is 0.430. The van der Waals surface area contributed by atoms with Crippen LogP contribution < -0.4 is 5.32 Å². The first kappa shape index (κ1) is 6.12. The lowest BCUT2D eigenvalue weighted by atomic mass is 10.2. The first-order valence-electron chi connectivity index (χ1n) is 3.49. The first-order chi connectivity index (χ1) is 4.88. The molecule has 2 heterocycles. The molecule has 1 atom stereocenters. The van der Waals surface area contributed by atoms with Crippen LogP contribution in [0, 0.1) is 0 Å². The van der Waals surface area contributed by atoms with Crippen molar-refractivity contribution in [2.75, 3.05) is 26.4 Å². The molecule has 0 unspecified atom stereocenters. The van der Waals surface area contributed by atoms with Crippen molar-refractivity contribution in [2.45, 2.75) is 6.04 Å². The summed E-state index contributed by atoms with van der Waals surface area (Å²) in [4.78, 5) is 13.0. The maximum atomic E-state index is 10.9. The number of carbonyl (C=O) groups excluding carboxylic acids is 1. The zero-order valence-electron chi connectivity index (χ0n) is 5.67. The fourth-order valence-corrected chi connectivity index (χ4v) is 1.38. The normalized spacial score (nSPS) is 33.6. The van der Waals surface area contributed by atoms with E-state index in [0.717, 1.165) is 19.6 Å². The first-order valence-corrected chi connectivity index (χ1v) is 3.49. The molecule has 0 aromatic carbocycles. The molecular weight excluding hydrogens is 132 g/mol. The number of cyclic esters (lactones) is 1. The minimum absolute atomic E-state index is 0.00579. The fourth-order valence-electron chi connectivity index (χ4n) is 1.38. The van der Waals surface area contributed by atoms with Crippen molar-refractivity contribution in [3.05, 3.63) is 0 Å². The van der Waals surface area contributed by atoms with Crippen LogP contribution in [0.4, 0.5) is 0 Å². The third-order valence-corrected chi connectivity index (χ3v) is 2.00. The van der Waals surface area contributed by atoms with Gasteiger partial charge in [0, 0.05) is 19.6 Å². The fraction of sp³-hybridized carbons (Fsp3) is 0.833. The van der Waals surface area contributed by atoms with E-state index < -0.39 is 0 Å². The Hall–Kier alpha value is -0.610. The molecule has 0 aromatic rings. The van der Waals surface area contributed by atoms with Crippen LogP contribution in [0.5, 0.6) is 0 Å². The van der Waals surface area contributed by atoms with E-state index >= 15 is 0 Å². The molecular formula is C6H10N2O2. The van der Waals surface area contributed by atoms with Crippen molar-refractivity contribution in [3.63, 3.8) is 0 Å². The monoisotopic (exact) mass is 142 g/mol. The molecule has 0 bridgehead atoms. The van der Waals surface area contributed by atoms with Gasteiger partial charge in [-0.1, -0.05) is 0 Å².